The van der Waals surface area contributed by atoms with Crippen molar-refractivity contribution < 1.29 is 18.7 Å². The number of fused-ring (bicyclic) bond motifs is 1. The number of ketones is 1. The van der Waals surface area contributed by atoms with Gasteiger partial charge < -0.3 is 9.47 Å². The summed E-state index contributed by atoms with van der Waals surface area (Å²) in [6.07, 6.45) is 2.79. The maximum atomic E-state index is 14.9. The first-order valence-electron chi connectivity index (χ1n) is 8.83. The van der Waals surface area contributed by atoms with Crippen molar-refractivity contribution in [2.75, 3.05) is 6.61 Å². The van der Waals surface area contributed by atoms with Crippen LogP contribution in [-0.4, -0.2) is 17.4 Å². The van der Waals surface area contributed by atoms with E-state index in [2.05, 4.69) is 27.0 Å². The van der Waals surface area contributed by atoms with Gasteiger partial charge in [-0.05, 0) is 57.4 Å². The van der Waals surface area contributed by atoms with Crippen LogP contribution in [0.1, 0.15) is 39.6 Å². The normalized spacial score (nSPS) is 13.8. The Bertz CT molecular complexity index is 1110. The third-order valence-corrected chi connectivity index (χ3v) is 5.31. The fourth-order valence-electron chi connectivity index (χ4n) is 3.14. The van der Waals surface area contributed by atoms with Crippen molar-refractivity contribution in [3.63, 3.8) is 0 Å². The maximum Gasteiger partial charge on any atom is 0.174 e. The van der Waals surface area contributed by atoms with E-state index in [1.807, 2.05) is 0 Å². The van der Waals surface area contributed by atoms with E-state index < -0.39 is 11.9 Å². The zero-order valence-corrected chi connectivity index (χ0v) is 16.6. The summed E-state index contributed by atoms with van der Waals surface area (Å²) < 4.78 is 26.8. The van der Waals surface area contributed by atoms with Gasteiger partial charge in [-0.1, -0.05) is 12.1 Å². The van der Waals surface area contributed by atoms with E-state index in [9.17, 15) is 9.18 Å². The summed E-state index contributed by atoms with van der Waals surface area (Å²) >= 11 is 3.34. The van der Waals surface area contributed by atoms with Gasteiger partial charge in [-0.3, -0.25) is 9.78 Å². The molecule has 1 aliphatic rings. The number of halogens is 2. The highest BCUT2D eigenvalue weighted by molar-refractivity contribution is 9.10. The minimum Gasteiger partial charge on any atom is -0.491 e. The molecule has 0 spiro atoms. The van der Waals surface area contributed by atoms with Crippen LogP contribution in [-0.2, 0) is 0 Å². The average Bonchev–Trinajstić information content (AvgIpc) is 2.75. The molecule has 0 bridgehead atoms. The number of benzene rings is 2. The van der Waals surface area contributed by atoms with Crippen molar-refractivity contribution in [1.82, 2.24) is 4.98 Å². The quantitative estimate of drug-likeness (QED) is 0.557. The Morgan fingerprint density at radius 2 is 1.86 bits per heavy atom. The molecule has 4 rings (SSSR count). The predicted molar refractivity (Wildman–Crippen MR) is 106 cm³/mol. The van der Waals surface area contributed by atoms with Gasteiger partial charge in [-0.15, -0.1) is 0 Å². The third kappa shape index (κ3) is 3.71. The molecule has 144 valence electrons. The topological polar surface area (TPSA) is 72.2 Å². The maximum absolute atomic E-state index is 14.9. The fraction of sp³-hybridized carbons (Fsp3) is 0.136. The number of aromatic nitrogens is 1. The molecule has 29 heavy (non-hydrogen) atoms. The number of hydrogen-bond donors (Lipinski definition) is 0. The van der Waals surface area contributed by atoms with E-state index in [1.165, 1.54) is 0 Å². The number of hydrogen-bond acceptors (Lipinski definition) is 5. The summed E-state index contributed by atoms with van der Waals surface area (Å²) in [6, 6.07) is 13.6. The lowest BCUT2D eigenvalue weighted by Crippen LogP contribution is -2.17. The van der Waals surface area contributed by atoms with Crippen LogP contribution in [0, 0.1) is 17.1 Å². The van der Waals surface area contributed by atoms with Gasteiger partial charge in [0, 0.05) is 18.8 Å². The molecule has 0 amide bonds. The van der Waals surface area contributed by atoms with Crippen molar-refractivity contribution in [3.05, 3.63) is 87.4 Å². The van der Waals surface area contributed by atoms with E-state index in [0.717, 1.165) is 17.2 Å². The second kappa shape index (κ2) is 8.02. The number of Topliss-reactive ketones (excluding diaryl/α,β-unsaturated/α-hetero) is 1. The highest BCUT2D eigenvalue weighted by Gasteiger charge is 2.28. The molecule has 5 nitrogen and oxygen atoms in total. The zero-order valence-electron chi connectivity index (χ0n) is 15.1. The van der Waals surface area contributed by atoms with E-state index in [-0.39, 0.29) is 40.3 Å². The number of carbonyl (C=O) groups is 1. The minimum atomic E-state index is -0.665. The van der Waals surface area contributed by atoms with Gasteiger partial charge in [-0.2, -0.15) is 5.26 Å². The molecule has 0 N–H and O–H groups in total. The van der Waals surface area contributed by atoms with Crippen LogP contribution in [0.5, 0.6) is 11.5 Å². The van der Waals surface area contributed by atoms with Crippen molar-refractivity contribution in [2.45, 2.75) is 12.5 Å². The molecule has 0 radical (unpaired) electrons. The number of carbonyl (C=O) groups excluding carboxylic acids is 1. The molecule has 0 saturated heterocycles. The molecule has 0 fully saturated rings. The van der Waals surface area contributed by atoms with E-state index in [4.69, 9.17) is 14.7 Å². The van der Waals surface area contributed by atoms with E-state index in [0.29, 0.717) is 5.56 Å². The zero-order chi connectivity index (χ0) is 20.4. The number of ether oxygens (including phenoxy) is 2. The van der Waals surface area contributed by atoms with Gasteiger partial charge >= 0.3 is 0 Å². The smallest absolute Gasteiger partial charge is 0.174 e. The van der Waals surface area contributed by atoms with Crippen LogP contribution >= 0.6 is 15.9 Å². The van der Waals surface area contributed by atoms with E-state index >= 15 is 0 Å². The van der Waals surface area contributed by atoms with Crippen LogP contribution in [0.4, 0.5) is 4.39 Å². The van der Waals surface area contributed by atoms with Gasteiger partial charge in [0.25, 0.3) is 0 Å². The van der Waals surface area contributed by atoms with Crippen molar-refractivity contribution >= 4 is 21.7 Å². The number of rotatable bonds is 4. The summed E-state index contributed by atoms with van der Waals surface area (Å²) in [5, 5.41) is 9.04. The second-order valence-corrected chi connectivity index (χ2v) is 7.21. The molecule has 1 unspecified atom stereocenters. The Hall–Kier alpha value is -3.24. The molecular weight excluding hydrogens is 439 g/mol. The van der Waals surface area contributed by atoms with Crippen molar-refractivity contribution in [1.29, 1.82) is 5.26 Å². The molecule has 2 heterocycles. The van der Waals surface area contributed by atoms with Gasteiger partial charge in [0.1, 0.15) is 16.3 Å². The highest BCUT2D eigenvalue weighted by Crippen LogP contribution is 2.44. The summed E-state index contributed by atoms with van der Waals surface area (Å²) in [5.41, 5.74) is 2.20. The molecule has 0 aliphatic carbocycles. The lowest BCUT2D eigenvalue weighted by molar-refractivity contribution is 0.0931. The first-order valence-corrected chi connectivity index (χ1v) is 9.62. The Labute approximate surface area is 174 Å². The number of nitrogens with zero attached hydrogens (tertiary/aromatic N) is 2. The predicted octanol–water partition coefficient (Wildman–Crippen LogP) is 4.99. The largest absolute Gasteiger partial charge is 0.491 e. The van der Waals surface area contributed by atoms with Crippen molar-refractivity contribution in [3.8, 4) is 17.6 Å². The molecule has 0 saturated carbocycles. The Morgan fingerprint density at radius 3 is 2.55 bits per heavy atom. The molecule has 1 aromatic heterocycles. The molecule has 7 heteroatoms. The Morgan fingerprint density at radius 1 is 1.17 bits per heavy atom. The Balaban J connectivity index is 1.79. The molecular formula is C22H14BrFN2O3. The van der Waals surface area contributed by atoms with Gasteiger partial charge in [0.05, 0.1) is 23.8 Å². The molecule has 2 aromatic carbocycles. The Kier molecular flexibility index (Phi) is 5.28. The minimum absolute atomic E-state index is 0.0513. The van der Waals surface area contributed by atoms with Crippen molar-refractivity contribution in [2.24, 2.45) is 0 Å². The standard InChI is InChI=1S/C22H14BrFN2O3/c23-19-21-16(18(27)7-10-28-21)11-17(24)22(19)29-20(15-5-8-26-9-6-15)14-3-1-13(12-25)2-4-14/h1-6,8-9,11,20H,7,10H2. The molecule has 1 atom stereocenters. The van der Waals surface area contributed by atoms with Crippen LogP contribution < -0.4 is 9.47 Å². The first-order chi connectivity index (χ1) is 14.1. The highest BCUT2D eigenvalue weighted by atomic mass is 79.9. The number of nitriles is 1. The van der Waals surface area contributed by atoms with Gasteiger partial charge in [0.15, 0.2) is 17.3 Å². The van der Waals surface area contributed by atoms with Crippen LogP contribution in [0.15, 0.2) is 59.3 Å². The first kappa shape index (κ1) is 19.1. The fourth-order valence-corrected chi connectivity index (χ4v) is 3.75. The second-order valence-electron chi connectivity index (χ2n) is 6.41. The lowest BCUT2D eigenvalue weighted by atomic mass is 10.0. The summed E-state index contributed by atoms with van der Waals surface area (Å²) in [7, 11) is 0. The van der Waals surface area contributed by atoms with Crippen LogP contribution in [0.2, 0.25) is 0 Å². The summed E-state index contributed by atoms with van der Waals surface area (Å²) in [5.74, 6) is -0.604. The number of pyridine rings is 1. The van der Waals surface area contributed by atoms with Crippen LogP contribution in [0.3, 0.4) is 0 Å². The van der Waals surface area contributed by atoms with E-state index in [1.54, 1.807) is 48.8 Å². The van der Waals surface area contributed by atoms with Gasteiger partial charge in [-0.25, -0.2) is 4.39 Å². The lowest BCUT2D eigenvalue weighted by Gasteiger charge is -2.24. The third-order valence-electron chi connectivity index (χ3n) is 4.59. The molecule has 3 aromatic rings. The van der Waals surface area contributed by atoms with Crippen LogP contribution in [0.25, 0.3) is 0 Å². The summed E-state index contributed by atoms with van der Waals surface area (Å²) in [4.78, 5) is 16.1. The average molecular weight is 453 g/mol. The molecule has 1 aliphatic heterocycles. The monoisotopic (exact) mass is 452 g/mol. The summed E-state index contributed by atoms with van der Waals surface area (Å²) in [6.45, 7) is 0.235. The van der Waals surface area contributed by atoms with Gasteiger partial charge in [0.2, 0.25) is 0 Å². The SMILES string of the molecule is N#Cc1ccc(C(Oc2c(F)cc3c(c2Br)OCCC3=O)c2ccncc2)cc1.